The second kappa shape index (κ2) is 31.1. The van der Waals surface area contributed by atoms with Crippen molar-refractivity contribution < 1.29 is 123 Å². The average molecular weight is 1350 g/mol. The van der Waals surface area contributed by atoms with Gasteiger partial charge in [-0.15, -0.1) is 0 Å². The number of sulfonamides is 2. The Morgan fingerprint density at radius 3 is 1.73 bits per heavy atom. The largest absolute Gasteiger partial charge is 0.481 e. The normalized spacial score (nSPS) is 11.6. The minimum Gasteiger partial charge on any atom is -0.481 e. The van der Waals surface area contributed by atoms with Crippen molar-refractivity contribution in [3.05, 3.63) is 123 Å². The highest BCUT2D eigenvalue weighted by Gasteiger charge is 2.33. The number of esters is 2. The van der Waals surface area contributed by atoms with Crippen molar-refractivity contribution in [1.82, 2.24) is 34.4 Å². The highest BCUT2D eigenvalue weighted by atomic mass is 35.5. The number of amides is 4. The van der Waals surface area contributed by atoms with Crippen LogP contribution in [0.5, 0.6) is 35.0 Å². The summed E-state index contributed by atoms with van der Waals surface area (Å²) in [6.45, 7) is -2.65. The molecule has 0 radical (unpaired) electrons. The number of rotatable bonds is 22. The van der Waals surface area contributed by atoms with Gasteiger partial charge >= 0.3 is 49.4 Å². The van der Waals surface area contributed by atoms with Gasteiger partial charge in [-0.25, -0.2) is 55.2 Å². The van der Waals surface area contributed by atoms with Gasteiger partial charge in [0.25, 0.3) is 25.7 Å². The number of pyridine rings is 1. The zero-order valence-corrected chi connectivity index (χ0v) is 48.6. The number of anilines is 2. The third kappa shape index (κ3) is 21.1. The summed E-state index contributed by atoms with van der Waals surface area (Å²) in [6.07, 6.45) is -4.85. The number of nitro groups is 1. The Morgan fingerprint density at radius 2 is 1.24 bits per heavy atom. The molecule has 6 aromatic rings. The number of aromatic nitrogens is 5. The smallest absolute Gasteiger partial charge is 0.416 e. The van der Waals surface area contributed by atoms with E-state index in [4.69, 9.17) is 40.4 Å². The molecule has 4 amide bonds. The van der Waals surface area contributed by atoms with Gasteiger partial charge in [0.15, 0.2) is 21.0 Å². The molecule has 0 spiro atoms. The molecule has 0 saturated heterocycles. The van der Waals surface area contributed by atoms with E-state index in [2.05, 4.69) is 39.7 Å². The molecule has 1 unspecified atom stereocenters. The van der Waals surface area contributed by atoms with Crippen LogP contribution in [-0.2, 0) is 50.3 Å². The third-order valence-corrected chi connectivity index (χ3v) is 14.8. The molecule has 31 nitrogen and oxygen atoms in total. The van der Waals surface area contributed by atoms with E-state index in [9.17, 15) is 90.1 Å². The maximum absolute atomic E-state index is 12.8. The fraction of sp³-hybridized carbons (Fsp3) is 0.234. The van der Waals surface area contributed by atoms with Gasteiger partial charge in [0.1, 0.15) is 26.9 Å². The molecule has 0 aliphatic heterocycles. The minimum atomic E-state index is -4.71. The number of halogens is 8. The van der Waals surface area contributed by atoms with E-state index < -0.39 is 145 Å². The number of carboxylic acid groups (broad SMARTS) is 1. The van der Waals surface area contributed by atoms with Crippen LogP contribution in [0.2, 0.25) is 5.02 Å². The number of hydrogen-bond donors (Lipinski definition) is 5. The second-order valence-electron chi connectivity index (χ2n) is 16.0. The van der Waals surface area contributed by atoms with Crippen LogP contribution in [0.25, 0.3) is 0 Å². The van der Waals surface area contributed by atoms with Crippen LogP contribution in [0.15, 0.2) is 106 Å². The first-order valence-electron chi connectivity index (χ1n) is 23.7. The number of hydrogen-bond acceptors (Lipinski definition) is 25. The molecule has 0 fully saturated rings. The first kappa shape index (κ1) is 71.5. The highest BCUT2D eigenvalue weighted by Crippen LogP contribution is 2.37. The van der Waals surface area contributed by atoms with Gasteiger partial charge in [0.05, 0.1) is 59.8 Å². The van der Waals surface area contributed by atoms with Crippen molar-refractivity contribution in [3.63, 3.8) is 0 Å². The van der Waals surface area contributed by atoms with Crippen LogP contribution in [-0.4, -0.2) is 136 Å². The molecule has 0 aliphatic rings. The van der Waals surface area contributed by atoms with E-state index >= 15 is 0 Å². The number of methoxy groups -OCH3 is 2. The fourth-order valence-corrected chi connectivity index (χ4v) is 10.1. The Balaban J connectivity index is 0.000000286. The van der Waals surface area contributed by atoms with Crippen molar-refractivity contribution in [2.75, 3.05) is 37.2 Å². The molecule has 0 aliphatic carbocycles. The quantitative estimate of drug-likeness (QED) is 0.0193. The van der Waals surface area contributed by atoms with Crippen molar-refractivity contribution >= 4 is 89.0 Å². The molecule has 480 valence electrons. The van der Waals surface area contributed by atoms with Crippen molar-refractivity contribution in [2.45, 2.75) is 61.1 Å². The zero-order valence-electron chi connectivity index (χ0n) is 45.4. The van der Waals surface area contributed by atoms with E-state index in [1.807, 2.05) is 0 Å². The van der Waals surface area contributed by atoms with E-state index in [1.54, 1.807) is 17.0 Å². The zero-order chi connectivity index (χ0) is 66.8. The summed E-state index contributed by atoms with van der Waals surface area (Å²) in [5.41, 5.74) is -2.81. The van der Waals surface area contributed by atoms with Crippen LogP contribution in [0, 0.1) is 10.1 Å². The molecular formula is C47H42ClF7N10O21S3. The number of aromatic carboxylic acids is 1. The van der Waals surface area contributed by atoms with Gasteiger partial charge in [-0.05, 0) is 62.4 Å². The number of carbonyl (C=O) groups is 5. The number of urea groups is 2. The monoisotopic (exact) mass is 1350 g/mol. The summed E-state index contributed by atoms with van der Waals surface area (Å²) in [5.74, 6) is -7.33. The average Bonchev–Trinajstić information content (AvgIpc) is 2.63. The number of alkyl halides is 7. The molecule has 1 atom stereocenters. The van der Waals surface area contributed by atoms with Gasteiger partial charge in [0.2, 0.25) is 35.4 Å². The molecular weight excluding hydrogens is 1310 g/mol. The molecule has 6 rings (SSSR count). The summed E-state index contributed by atoms with van der Waals surface area (Å²) in [4.78, 5) is 86.1. The van der Waals surface area contributed by atoms with Crippen LogP contribution >= 0.6 is 11.6 Å². The molecule has 89 heavy (non-hydrogen) atoms. The van der Waals surface area contributed by atoms with E-state index in [1.165, 1.54) is 57.1 Å². The number of nitrogens with zero attached hydrogens (tertiary/aromatic N) is 6. The molecule has 0 bridgehead atoms. The minimum absolute atomic E-state index is 0.0398. The van der Waals surface area contributed by atoms with Gasteiger partial charge in [-0.3, -0.25) is 20.7 Å². The summed E-state index contributed by atoms with van der Waals surface area (Å²) in [6, 6.07) is 11.1. The highest BCUT2D eigenvalue weighted by molar-refractivity contribution is 7.93. The Morgan fingerprint density at radius 1 is 0.708 bits per heavy atom. The topological polar surface area (TPSA) is 428 Å². The molecule has 3 aromatic carbocycles. The Kier molecular flexibility index (Phi) is 24.9. The van der Waals surface area contributed by atoms with E-state index in [0.29, 0.717) is 12.1 Å². The second-order valence-corrected chi connectivity index (χ2v) is 21.9. The Labute approximate surface area is 501 Å². The first-order chi connectivity index (χ1) is 41.5. The summed E-state index contributed by atoms with van der Waals surface area (Å²) in [7, 11) is -10.6. The number of sulfone groups is 1. The van der Waals surface area contributed by atoms with Crippen LogP contribution in [0.4, 0.5) is 57.9 Å². The Bertz CT molecular complexity index is 3910. The maximum atomic E-state index is 12.8. The van der Waals surface area contributed by atoms with E-state index in [0.717, 1.165) is 54.7 Å². The molecule has 42 heteroatoms. The third-order valence-electron chi connectivity index (χ3n) is 9.99. The standard InChI is InChI=1S/C19H15ClF3NO7.C14H10F4N4O7S.C14H17N5O7S2/c1-3-29-17(25)10(2)30-18(26)13-9-12(5-6-15(13)24(27)28)31-16-7-4-11(8-14(16)20)19(21,22)23;15-11(16)28-8-5-9(29-12(17)18)20-13(19-8)21-14(25)22-30(26,27)7-4-2-1-3-6(7)10(23)24;1-4-27(21,22)9-6-5-7-15-12(9)28(23,24)19-14(20)18-13-16-10(25-2)8-11(17-13)26-3/h4-10H,3H2,1-2H3;1-5,11-12H,(H,23,24)(H2,19,20,21,22,25);5-8H,4H2,1-3H3,(H2,16,17,18,19,20). The lowest BCUT2D eigenvalue weighted by Gasteiger charge is -2.13. The first-order valence-corrected chi connectivity index (χ1v) is 28.7. The van der Waals surface area contributed by atoms with Gasteiger partial charge in [-0.1, -0.05) is 30.7 Å². The van der Waals surface area contributed by atoms with Crippen molar-refractivity contribution in [3.8, 4) is 35.0 Å². The summed E-state index contributed by atoms with van der Waals surface area (Å²) in [5, 5.41) is 22.9. The van der Waals surface area contributed by atoms with Gasteiger partial charge in [0, 0.05) is 18.3 Å². The predicted octanol–water partition coefficient (Wildman–Crippen LogP) is 7.25. The SMILES string of the molecule is CCOC(=O)C(C)OC(=O)c1cc(Oc2ccc(C(F)(F)F)cc2Cl)ccc1[N+](=O)[O-].CCS(=O)(=O)c1cccnc1S(=O)(=O)NC(=O)Nc1nc(OC)cc(OC)n1.O=C(Nc1nc(OC(F)F)cc(OC(F)F)n1)NS(=O)(=O)c1ccccc1C(=O)O. The van der Waals surface area contributed by atoms with Gasteiger partial charge < -0.3 is 38.3 Å². The van der Waals surface area contributed by atoms with Crippen LogP contribution < -0.4 is 43.8 Å². The fourth-order valence-electron chi connectivity index (χ4n) is 6.20. The number of benzene rings is 3. The lowest BCUT2D eigenvalue weighted by Crippen LogP contribution is -2.36. The summed E-state index contributed by atoms with van der Waals surface area (Å²) < 4.78 is 197. The summed E-state index contributed by atoms with van der Waals surface area (Å²) >= 11 is 5.83. The number of carboxylic acids is 1. The number of nitrogens with one attached hydrogen (secondary N) is 4. The maximum Gasteiger partial charge on any atom is 0.416 e. The van der Waals surface area contributed by atoms with Crippen molar-refractivity contribution in [2.24, 2.45) is 0 Å². The van der Waals surface area contributed by atoms with E-state index in [-0.39, 0.29) is 46.6 Å². The van der Waals surface area contributed by atoms with Crippen LogP contribution in [0.3, 0.4) is 0 Å². The number of carbonyl (C=O) groups excluding carboxylic acids is 4. The lowest BCUT2D eigenvalue weighted by atomic mass is 10.1. The molecule has 3 heterocycles. The lowest BCUT2D eigenvalue weighted by molar-refractivity contribution is -0.385. The predicted molar refractivity (Wildman–Crippen MR) is 286 cm³/mol. The van der Waals surface area contributed by atoms with Crippen molar-refractivity contribution in [1.29, 1.82) is 0 Å². The Hall–Kier alpha value is -10.0. The number of ether oxygens (including phenoxy) is 7. The van der Waals surface area contributed by atoms with Crippen LogP contribution in [0.1, 0.15) is 47.1 Å². The molecule has 3 aromatic heterocycles. The molecule has 0 saturated carbocycles. The molecule has 5 N–H and O–H groups in total. The van der Waals surface area contributed by atoms with Gasteiger partial charge in [-0.2, -0.15) is 59.1 Å². The number of nitro benzene ring substituents is 1.